The Morgan fingerprint density at radius 1 is 1.12 bits per heavy atom. The number of fused-ring (bicyclic) bond motifs is 1. The van der Waals surface area contributed by atoms with Crippen molar-refractivity contribution >= 4 is 11.6 Å². The van der Waals surface area contributed by atoms with Crippen LogP contribution < -0.4 is 5.32 Å². The van der Waals surface area contributed by atoms with Gasteiger partial charge in [-0.1, -0.05) is 24.3 Å². The standard InChI is InChI=1S/C20H19N5O/c1-15-7-10-24-14-18(23-19(24)11-15)20(26)21-12-16-5-2-3-6-17(16)13-25-9-4-8-22-25/h2-11,14H,12-13H2,1H3,(H,21,26). The number of hydrogen-bond donors (Lipinski definition) is 1. The van der Waals surface area contributed by atoms with Gasteiger partial charge in [0.25, 0.3) is 5.91 Å². The fraction of sp³-hybridized carbons (Fsp3) is 0.150. The summed E-state index contributed by atoms with van der Waals surface area (Å²) in [6.45, 7) is 3.13. The van der Waals surface area contributed by atoms with Crippen molar-refractivity contribution in [3.63, 3.8) is 0 Å². The number of aromatic nitrogens is 4. The quantitative estimate of drug-likeness (QED) is 0.605. The van der Waals surface area contributed by atoms with Gasteiger partial charge in [-0.15, -0.1) is 0 Å². The number of pyridine rings is 1. The lowest BCUT2D eigenvalue weighted by Gasteiger charge is -2.10. The first kappa shape index (κ1) is 16.1. The van der Waals surface area contributed by atoms with Gasteiger partial charge in [-0.2, -0.15) is 5.10 Å². The first-order chi connectivity index (χ1) is 12.7. The van der Waals surface area contributed by atoms with Crippen molar-refractivity contribution in [1.82, 2.24) is 24.5 Å². The van der Waals surface area contributed by atoms with E-state index in [4.69, 9.17) is 0 Å². The molecule has 0 aliphatic carbocycles. The first-order valence-corrected chi connectivity index (χ1v) is 8.47. The van der Waals surface area contributed by atoms with E-state index in [1.807, 2.05) is 64.8 Å². The number of nitrogens with zero attached hydrogens (tertiary/aromatic N) is 4. The molecule has 0 saturated heterocycles. The van der Waals surface area contributed by atoms with Gasteiger partial charge in [0.2, 0.25) is 0 Å². The van der Waals surface area contributed by atoms with Crippen LogP contribution in [0.4, 0.5) is 0 Å². The van der Waals surface area contributed by atoms with Crippen LogP contribution in [0.2, 0.25) is 0 Å². The summed E-state index contributed by atoms with van der Waals surface area (Å²) in [4.78, 5) is 16.9. The molecule has 1 amide bonds. The summed E-state index contributed by atoms with van der Waals surface area (Å²) in [5.74, 6) is -0.180. The number of benzene rings is 1. The largest absolute Gasteiger partial charge is 0.347 e. The molecule has 0 radical (unpaired) electrons. The van der Waals surface area contributed by atoms with E-state index in [9.17, 15) is 4.79 Å². The van der Waals surface area contributed by atoms with Gasteiger partial charge in [-0.25, -0.2) is 4.98 Å². The molecule has 0 aliphatic heterocycles. The Hall–Kier alpha value is -3.41. The fourth-order valence-corrected chi connectivity index (χ4v) is 2.91. The third-order valence-corrected chi connectivity index (χ3v) is 4.30. The Morgan fingerprint density at radius 2 is 1.96 bits per heavy atom. The number of amides is 1. The van der Waals surface area contributed by atoms with Gasteiger partial charge in [0.15, 0.2) is 0 Å². The third-order valence-electron chi connectivity index (χ3n) is 4.30. The van der Waals surface area contributed by atoms with Crippen LogP contribution in [0, 0.1) is 6.92 Å². The molecule has 26 heavy (non-hydrogen) atoms. The highest BCUT2D eigenvalue weighted by Gasteiger charge is 2.11. The SMILES string of the molecule is Cc1ccn2cc(C(=O)NCc3ccccc3Cn3cccn3)nc2c1. The van der Waals surface area contributed by atoms with E-state index in [1.54, 1.807) is 12.4 Å². The number of hydrogen-bond acceptors (Lipinski definition) is 3. The summed E-state index contributed by atoms with van der Waals surface area (Å²) >= 11 is 0. The number of rotatable bonds is 5. The second-order valence-electron chi connectivity index (χ2n) is 6.25. The Labute approximate surface area is 151 Å². The molecule has 6 nitrogen and oxygen atoms in total. The molecular formula is C20H19N5O. The monoisotopic (exact) mass is 345 g/mol. The second kappa shape index (κ2) is 6.84. The fourth-order valence-electron chi connectivity index (χ4n) is 2.91. The average molecular weight is 345 g/mol. The van der Waals surface area contributed by atoms with E-state index in [-0.39, 0.29) is 5.91 Å². The Kier molecular flexibility index (Phi) is 4.23. The van der Waals surface area contributed by atoms with Crippen LogP contribution >= 0.6 is 0 Å². The van der Waals surface area contributed by atoms with Gasteiger partial charge in [0, 0.05) is 31.3 Å². The molecular weight excluding hydrogens is 326 g/mol. The number of carbonyl (C=O) groups is 1. The molecule has 130 valence electrons. The van der Waals surface area contributed by atoms with Gasteiger partial charge >= 0.3 is 0 Å². The number of imidazole rings is 1. The molecule has 0 unspecified atom stereocenters. The van der Waals surface area contributed by atoms with Gasteiger partial charge in [0.05, 0.1) is 6.54 Å². The van der Waals surface area contributed by atoms with Crippen molar-refractivity contribution in [3.05, 3.63) is 89.6 Å². The summed E-state index contributed by atoms with van der Waals surface area (Å²) in [6, 6.07) is 13.9. The van der Waals surface area contributed by atoms with E-state index in [0.29, 0.717) is 18.8 Å². The smallest absolute Gasteiger partial charge is 0.271 e. The van der Waals surface area contributed by atoms with Crippen LogP contribution in [-0.2, 0) is 13.1 Å². The van der Waals surface area contributed by atoms with E-state index in [0.717, 1.165) is 22.3 Å². The minimum atomic E-state index is -0.180. The molecule has 3 heterocycles. The van der Waals surface area contributed by atoms with Crippen LogP contribution in [0.5, 0.6) is 0 Å². The zero-order valence-electron chi connectivity index (χ0n) is 14.5. The van der Waals surface area contributed by atoms with Gasteiger partial charge in [-0.05, 0) is 41.8 Å². The third kappa shape index (κ3) is 3.35. The highest BCUT2D eigenvalue weighted by molar-refractivity contribution is 5.92. The lowest BCUT2D eigenvalue weighted by molar-refractivity contribution is 0.0946. The van der Waals surface area contributed by atoms with E-state index in [1.165, 1.54) is 0 Å². The Bertz CT molecular complexity index is 1050. The summed E-state index contributed by atoms with van der Waals surface area (Å²) in [5.41, 5.74) is 4.50. The topological polar surface area (TPSA) is 64.2 Å². The number of aryl methyl sites for hydroxylation is 1. The molecule has 0 aliphatic rings. The van der Waals surface area contributed by atoms with Crippen molar-refractivity contribution < 1.29 is 4.79 Å². The molecule has 4 aromatic rings. The zero-order valence-corrected chi connectivity index (χ0v) is 14.5. The maximum atomic E-state index is 12.5. The van der Waals surface area contributed by atoms with Crippen LogP contribution in [-0.4, -0.2) is 25.1 Å². The van der Waals surface area contributed by atoms with Crippen LogP contribution in [0.15, 0.2) is 67.3 Å². The minimum absolute atomic E-state index is 0.180. The molecule has 0 fully saturated rings. The molecule has 0 bridgehead atoms. The van der Waals surface area contributed by atoms with Crippen molar-refractivity contribution in [2.75, 3.05) is 0 Å². The van der Waals surface area contributed by atoms with Crippen molar-refractivity contribution in [2.45, 2.75) is 20.0 Å². The van der Waals surface area contributed by atoms with Crippen LogP contribution in [0.25, 0.3) is 5.65 Å². The summed E-state index contributed by atoms with van der Waals surface area (Å²) < 4.78 is 3.72. The molecule has 1 N–H and O–H groups in total. The highest BCUT2D eigenvalue weighted by Crippen LogP contribution is 2.11. The van der Waals surface area contributed by atoms with Crippen LogP contribution in [0.1, 0.15) is 27.2 Å². The van der Waals surface area contributed by atoms with Crippen molar-refractivity contribution in [2.24, 2.45) is 0 Å². The van der Waals surface area contributed by atoms with Gasteiger partial charge in [-0.3, -0.25) is 9.48 Å². The molecule has 0 spiro atoms. The number of nitrogens with one attached hydrogen (secondary N) is 1. The molecule has 3 aromatic heterocycles. The van der Waals surface area contributed by atoms with E-state index < -0.39 is 0 Å². The summed E-state index contributed by atoms with van der Waals surface area (Å²) in [7, 11) is 0. The molecule has 6 heteroatoms. The number of carbonyl (C=O) groups excluding carboxylic acids is 1. The average Bonchev–Trinajstić information content (AvgIpc) is 3.30. The Balaban J connectivity index is 1.48. The lowest BCUT2D eigenvalue weighted by atomic mass is 10.1. The van der Waals surface area contributed by atoms with E-state index in [2.05, 4.69) is 21.5 Å². The second-order valence-corrected chi connectivity index (χ2v) is 6.25. The molecule has 1 aromatic carbocycles. The van der Waals surface area contributed by atoms with Crippen molar-refractivity contribution in [3.8, 4) is 0 Å². The molecule has 4 rings (SSSR count). The lowest BCUT2D eigenvalue weighted by Crippen LogP contribution is -2.24. The zero-order chi connectivity index (χ0) is 17.9. The highest BCUT2D eigenvalue weighted by atomic mass is 16.1. The Morgan fingerprint density at radius 3 is 2.77 bits per heavy atom. The molecule has 0 atom stereocenters. The van der Waals surface area contributed by atoms with Crippen LogP contribution in [0.3, 0.4) is 0 Å². The summed E-state index contributed by atoms with van der Waals surface area (Å²) in [6.07, 6.45) is 7.34. The van der Waals surface area contributed by atoms with E-state index >= 15 is 0 Å². The maximum Gasteiger partial charge on any atom is 0.271 e. The predicted octanol–water partition coefficient (Wildman–Crippen LogP) is 2.82. The predicted molar refractivity (Wildman–Crippen MR) is 98.9 cm³/mol. The minimum Gasteiger partial charge on any atom is -0.347 e. The van der Waals surface area contributed by atoms with Gasteiger partial charge in [0.1, 0.15) is 11.3 Å². The normalized spacial score (nSPS) is 11.0. The maximum absolute atomic E-state index is 12.5. The van der Waals surface area contributed by atoms with Gasteiger partial charge < -0.3 is 9.72 Å². The molecule has 0 saturated carbocycles. The van der Waals surface area contributed by atoms with Crippen molar-refractivity contribution in [1.29, 1.82) is 0 Å². The first-order valence-electron chi connectivity index (χ1n) is 8.47. The summed E-state index contributed by atoms with van der Waals surface area (Å²) in [5, 5.41) is 7.21.